The van der Waals surface area contributed by atoms with Gasteiger partial charge in [-0.2, -0.15) is 0 Å². The van der Waals surface area contributed by atoms with Crippen molar-refractivity contribution in [2.24, 2.45) is 17.6 Å². The summed E-state index contributed by atoms with van der Waals surface area (Å²) in [5.41, 5.74) is 5.64. The summed E-state index contributed by atoms with van der Waals surface area (Å²) >= 11 is 0. The van der Waals surface area contributed by atoms with E-state index in [-0.39, 0.29) is 18.1 Å². The molecule has 0 aromatic heterocycles. The zero-order valence-electron chi connectivity index (χ0n) is 12.9. The molecule has 0 radical (unpaired) electrons. The molecule has 112 valence electrons. The van der Waals surface area contributed by atoms with E-state index in [4.69, 9.17) is 10.5 Å². The van der Waals surface area contributed by atoms with Crippen molar-refractivity contribution in [1.29, 1.82) is 0 Å². The van der Waals surface area contributed by atoms with Crippen molar-refractivity contribution in [3.05, 3.63) is 0 Å². The minimum atomic E-state index is 0.151. The maximum atomic E-state index is 12.3. The van der Waals surface area contributed by atoms with Gasteiger partial charge in [0.25, 0.3) is 0 Å². The molecule has 0 saturated carbocycles. The summed E-state index contributed by atoms with van der Waals surface area (Å²) in [4.78, 5) is 14.2. The second-order valence-electron chi connectivity index (χ2n) is 6.18. The SMILES string of the molecule is CC(C)C(CCN)CCC(=O)N1C[C@@H](C)O[C@@H](C)C1. The minimum Gasteiger partial charge on any atom is -0.372 e. The average molecular weight is 270 g/mol. The standard InChI is InChI=1S/C15H30N2O2/c1-11(2)14(7-8-16)5-6-15(18)17-9-12(3)19-13(4)10-17/h11-14H,5-10,16H2,1-4H3/t12-,13+,14?. The van der Waals surface area contributed by atoms with E-state index in [1.54, 1.807) is 0 Å². The summed E-state index contributed by atoms with van der Waals surface area (Å²) in [6.45, 7) is 10.7. The normalized spacial score (nSPS) is 25.7. The van der Waals surface area contributed by atoms with Crippen molar-refractivity contribution in [1.82, 2.24) is 4.90 Å². The van der Waals surface area contributed by atoms with E-state index in [9.17, 15) is 4.79 Å². The maximum absolute atomic E-state index is 12.3. The number of morpholine rings is 1. The van der Waals surface area contributed by atoms with E-state index in [1.165, 1.54) is 0 Å². The second kappa shape index (κ2) is 7.85. The number of rotatable bonds is 6. The van der Waals surface area contributed by atoms with E-state index in [0.717, 1.165) is 25.9 Å². The molecule has 0 aliphatic carbocycles. The maximum Gasteiger partial charge on any atom is 0.222 e. The predicted molar refractivity (Wildman–Crippen MR) is 77.8 cm³/mol. The predicted octanol–water partition coefficient (Wildman–Crippen LogP) is 2.02. The molecule has 0 bridgehead atoms. The smallest absolute Gasteiger partial charge is 0.222 e. The fourth-order valence-corrected chi connectivity index (χ4v) is 2.87. The quantitative estimate of drug-likeness (QED) is 0.803. The lowest BCUT2D eigenvalue weighted by Gasteiger charge is -2.35. The second-order valence-corrected chi connectivity index (χ2v) is 6.18. The van der Waals surface area contributed by atoms with Gasteiger partial charge in [0, 0.05) is 19.5 Å². The van der Waals surface area contributed by atoms with Gasteiger partial charge in [0.2, 0.25) is 5.91 Å². The Morgan fingerprint density at radius 1 is 1.26 bits per heavy atom. The van der Waals surface area contributed by atoms with E-state index in [0.29, 0.717) is 24.8 Å². The highest BCUT2D eigenvalue weighted by molar-refractivity contribution is 5.76. The zero-order valence-corrected chi connectivity index (χ0v) is 12.9. The van der Waals surface area contributed by atoms with Crippen LogP contribution in [0.1, 0.15) is 47.0 Å². The molecular formula is C15H30N2O2. The van der Waals surface area contributed by atoms with Crippen LogP contribution in [0, 0.1) is 11.8 Å². The fraction of sp³-hybridized carbons (Fsp3) is 0.933. The molecule has 0 spiro atoms. The van der Waals surface area contributed by atoms with Gasteiger partial charge in [-0.1, -0.05) is 13.8 Å². The number of ether oxygens (including phenoxy) is 1. The number of hydrogen-bond acceptors (Lipinski definition) is 3. The van der Waals surface area contributed by atoms with E-state index in [2.05, 4.69) is 13.8 Å². The Balaban J connectivity index is 2.41. The van der Waals surface area contributed by atoms with E-state index < -0.39 is 0 Å². The highest BCUT2D eigenvalue weighted by Gasteiger charge is 2.26. The fourth-order valence-electron chi connectivity index (χ4n) is 2.87. The van der Waals surface area contributed by atoms with Gasteiger partial charge < -0.3 is 15.4 Å². The van der Waals surface area contributed by atoms with E-state index in [1.807, 2.05) is 18.7 Å². The lowest BCUT2D eigenvalue weighted by atomic mass is 9.88. The molecule has 1 rings (SSSR count). The first kappa shape index (κ1) is 16.4. The summed E-state index contributed by atoms with van der Waals surface area (Å²) < 4.78 is 5.66. The number of carbonyl (C=O) groups excluding carboxylic acids is 1. The van der Waals surface area contributed by atoms with Crippen LogP contribution in [0.25, 0.3) is 0 Å². The van der Waals surface area contributed by atoms with E-state index >= 15 is 0 Å². The number of nitrogens with two attached hydrogens (primary N) is 1. The molecule has 1 amide bonds. The lowest BCUT2D eigenvalue weighted by molar-refractivity contribution is -0.143. The Labute approximate surface area is 117 Å². The summed E-state index contributed by atoms with van der Waals surface area (Å²) in [6, 6.07) is 0. The van der Waals surface area contributed by atoms with Crippen molar-refractivity contribution in [3.63, 3.8) is 0 Å². The van der Waals surface area contributed by atoms with Gasteiger partial charge in [-0.3, -0.25) is 4.79 Å². The summed E-state index contributed by atoms with van der Waals surface area (Å²) in [5, 5.41) is 0. The summed E-state index contributed by atoms with van der Waals surface area (Å²) in [7, 11) is 0. The van der Waals surface area contributed by atoms with Crippen molar-refractivity contribution >= 4 is 5.91 Å². The van der Waals surface area contributed by atoms with Gasteiger partial charge >= 0.3 is 0 Å². The van der Waals surface area contributed by atoms with Crippen molar-refractivity contribution < 1.29 is 9.53 Å². The molecule has 1 heterocycles. The molecule has 1 fully saturated rings. The van der Waals surface area contributed by atoms with Gasteiger partial charge in [-0.15, -0.1) is 0 Å². The minimum absolute atomic E-state index is 0.151. The first-order chi connectivity index (χ1) is 8.93. The molecular weight excluding hydrogens is 240 g/mol. The topological polar surface area (TPSA) is 55.6 Å². The Kier molecular flexibility index (Phi) is 6.80. The third-order valence-corrected chi connectivity index (χ3v) is 3.98. The van der Waals surface area contributed by atoms with Crippen LogP contribution in [0.4, 0.5) is 0 Å². The van der Waals surface area contributed by atoms with Crippen LogP contribution in [-0.2, 0) is 9.53 Å². The van der Waals surface area contributed by atoms with Gasteiger partial charge in [0.05, 0.1) is 12.2 Å². The summed E-state index contributed by atoms with van der Waals surface area (Å²) in [5.74, 6) is 1.42. The third kappa shape index (κ3) is 5.49. The Morgan fingerprint density at radius 3 is 2.32 bits per heavy atom. The number of carbonyl (C=O) groups is 1. The largest absolute Gasteiger partial charge is 0.372 e. The van der Waals surface area contributed by atoms with Crippen molar-refractivity contribution in [3.8, 4) is 0 Å². The summed E-state index contributed by atoms with van der Waals surface area (Å²) in [6.07, 6.45) is 2.91. The monoisotopic (exact) mass is 270 g/mol. The highest BCUT2D eigenvalue weighted by Crippen LogP contribution is 2.21. The van der Waals surface area contributed by atoms with Crippen LogP contribution < -0.4 is 5.73 Å². The number of hydrogen-bond donors (Lipinski definition) is 1. The molecule has 1 saturated heterocycles. The first-order valence-electron chi connectivity index (χ1n) is 7.57. The number of nitrogens with zero attached hydrogens (tertiary/aromatic N) is 1. The average Bonchev–Trinajstić information content (AvgIpc) is 2.32. The Hall–Kier alpha value is -0.610. The van der Waals surface area contributed by atoms with Crippen LogP contribution in [0.15, 0.2) is 0 Å². The van der Waals surface area contributed by atoms with Gasteiger partial charge in [0.1, 0.15) is 0 Å². The number of amides is 1. The van der Waals surface area contributed by atoms with Crippen LogP contribution in [-0.4, -0.2) is 42.6 Å². The molecule has 0 aromatic rings. The Bertz CT molecular complexity index is 271. The lowest BCUT2D eigenvalue weighted by Crippen LogP contribution is -2.48. The van der Waals surface area contributed by atoms with Crippen molar-refractivity contribution in [2.75, 3.05) is 19.6 Å². The molecule has 4 heteroatoms. The molecule has 1 aliphatic heterocycles. The Morgan fingerprint density at radius 2 is 1.84 bits per heavy atom. The highest BCUT2D eigenvalue weighted by atomic mass is 16.5. The molecule has 19 heavy (non-hydrogen) atoms. The molecule has 0 aromatic carbocycles. The van der Waals surface area contributed by atoms with Crippen molar-refractivity contribution in [2.45, 2.75) is 59.2 Å². The molecule has 4 nitrogen and oxygen atoms in total. The van der Waals surface area contributed by atoms with Gasteiger partial charge in [-0.25, -0.2) is 0 Å². The van der Waals surface area contributed by atoms with Gasteiger partial charge in [0.15, 0.2) is 0 Å². The van der Waals surface area contributed by atoms with Crippen LogP contribution in [0.3, 0.4) is 0 Å². The van der Waals surface area contributed by atoms with Crippen LogP contribution >= 0.6 is 0 Å². The molecule has 1 aliphatic rings. The molecule has 2 N–H and O–H groups in total. The van der Waals surface area contributed by atoms with Crippen LogP contribution in [0.5, 0.6) is 0 Å². The van der Waals surface area contributed by atoms with Crippen LogP contribution in [0.2, 0.25) is 0 Å². The van der Waals surface area contributed by atoms with Gasteiger partial charge in [-0.05, 0) is 45.1 Å². The third-order valence-electron chi connectivity index (χ3n) is 3.98. The molecule has 3 atom stereocenters. The molecule has 1 unspecified atom stereocenters. The zero-order chi connectivity index (χ0) is 14.4. The first-order valence-corrected chi connectivity index (χ1v) is 7.57.